The highest BCUT2D eigenvalue weighted by Gasteiger charge is 2.13. The third kappa shape index (κ3) is 3.32. The lowest BCUT2D eigenvalue weighted by molar-refractivity contribution is -0.121. The van der Waals surface area contributed by atoms with E-state index < -0.39 is 0 Å². The second-order valence-electron chi connectivity index (χ2n) is 4.96. The maximum atomic E-state index is 11.9. The summed E-state index contributed by atoms with van der Waals surface area (Å²) in [5.74, 6) is -0.0612. The number of ether oxygens (including phenoxy) is 1. The molecule has 1 unspecified atom stereocenters. The minimum Gasteiger partial charge on any atom is -0.464 e. The van der Waals surface area contributed by atoms with Crippen LogP contribution in [0.5, 0.6) is 0 Å². The second-order valence-corrected chi connectivity index (χ2v) is 5.37. The SMILES string of the molecule is COCC(C)NC(=O)Cc1coc2cc(C)c(Cl)cc12. The van der Waals surface area contributed by atoms with Gasteiger partial charge in [0.05, 0.1) is 19.3 Å². The van der Waals surface area contributed by atoms with E-state index in [1.807, 2.05) is 26.0 Å². The number of carbonyl (C=O) groups excluding carboxylic acids is 1. The van der Waals surface area contributed by atoms with Gasteiger partial charge in [-0.3, -0.25) is 4.79 Å². The van der Waals surface area contributed by atoms with Crippen molar-refractivity contribution < 1.29 is 13.9 Å². The van der Waals surface area contributed by atoms with Gasteiger partial charge in [0.2, 0.25) is 5.91 Å². The van der Waals surface area contributed by atoms with Gasteiger partial charge in [-0.1, -0.05) is 11.6 Å². The van der Waals surface area contributed by atoms with Gasteiger partial charge in [0.1, 0.15) is 5.58 Å². The summed E-state index contributed by atoms with van der Waals surface area (Å²) in [6.45, 7) is 4.31. The van der Waals surface area contributed by atoms with Gasteiger partial charge in [-0.05, 0) is 31.5 Å². The minimum atomic E-state index is -0.0612. The number of hydrogen-bond acceptors (Lipinski definition) is 3. The summed E-state index contributed by atoms with van der Waals surface area (Å²) in [5, 5.41) is 4.43. The molecule has 0 aliphatic carbocycles. The van der Waals surface area contributed by atoms with Crippen LogP contribution in [0.3, 0.4) is 0 Å². The van der Waals surface area contributed by atoms with E-state index in [1.54, 1.807) is 13.4 Å². The number of halogens is 1. The van der Waals surface area contributed by atoms with Gasteiger partial charge in [0.15, 0.2) is 0 Å². The van der Waals surface area contributed by atoms with Crippen molar-refractivity contribution in [3.63, 3.8) is 0 Å². The molecule has 1 amide bonds. The molecule has 1 heterocycles. The summed E-state index contributed by atoms with van der Waals surface area (Å²) >= 11 is 6.12. The molecule has 108 valence electrons. The van der Waals surface area contributed by atoms with E-state index in [9.17, 15) is 4.79 Å². The first kappa shape index (κ1) is 14.9. The molecule has 4 nitrogen and oxygen atoms in total. The van der Waals surface area contributed by atoms with Gasteiger partial charge in [0, 0.05) is 29.1 Å². The highest BCUT2D eigenvalue weighted by atomic mass is 35.5. The lowest BCUT2D eigenvalue weighted by Gasteiger charge is -2.12. The molecule has 0 spiro atoms. The molecule has 0 aliphatic heterocycles. The fourth-order valence-corrected chi connectivity index (χ4v) is 2.29. The van der Waals surface area contributed by atoms with E-state index in [1.165, 1.54) is 0 Å². The van der Waals surface area contributed by atoms with Crippen LogP contribution in [0.15, 0.2) is 22.8 Å². The molecule has 1 N–H and O–H groups in total. The third-order valence-corrected chi connectivity index (χ3v) is 3.52. The first-order chi connectivity index (χ1) is 9.51. The summed E-state index contributed by atoms with van der Waals surface area (Å²) in [5.41, 5.74) is 2.54. The van der Waals surface area contributed by atoms with Crippen LogP contribution in [0.2, 0.25) is 5.02 Å². The van der Waals surface area contributed by atoms with E-state index in [2.05, 4.69) is 5.32 Å². The second kappa shape index (κ2) is 6.29. The standard InChI is InChI=1S/C15H18ClNO3/c1-9-4-14-12(6-13(9)16)11(8-20-14)5-15(18)17-10(2)7-19-3/h4,6,8,10H,5,7H2,1-3H3,(H,17,18). The van der Waals surface area contributed by atoms with Crippen LogP contribution < -0.4 is 5.32 Å². The Bertz CT molecular complexity index is 621. The molecule has 2 aromatic rings. The fourth-order valence-electron chi connectivity index (χ4n) is 2.13. The molecule has 0 saturated carbocycles. The Hall–Kier alpha value is -1.52. The highest BCUT2D eigenvalue weighted by molar-refractivity contribution is 6.32. The van der Waals surface area contributed by atoms with E-state index in [0.29, 0.717) is 11.6 Å². The number of benzene rings is 1. The highest BCUT2D eigenvalue weighted by Crippen LogP contribution is 2.27. The van der Waals surface area contributed by atoms with Gasteiger partial charge in [-0.2, -0.15) is 0 Å². The van der Waals surface area contributed by atoms with Crippen LogP contribution in [0.4, 0.5) is 0 Å². The largest absolute Gasteiger partial charge is 0.464 e. The molecule has 0 radical (unpaired) electrons. The van der Waals surface area contributed by atoms with Crippen LogP contribution in [0.25, 0.3) is 11.0 Å². The zero-order valence-corrected chi connectivity index (χ0v) is 12.6. The maximum Gasteiger partial charge on any atom is 0.224 e. The van der Waals surface area contributed by atoms with Crippen molar-refractivity contribution in [2.24, 2.45) is 0 Å². The van der Waals surface area contributed by atoms with E-state index in [-0.39, 0.29) is 18.4 Å². The predicted molar refractivity (Wildman–Crippen MR) is 79.1 cm³/mol. The summed E-state index contributed by atoms with van der Waals surface area (Å²) in [7, 11) is 1.61. The Morgan fingerprint density at radius 1 is 1.50 bits per heavy atom. The van der Waals surface area contributed by atoms with Gasteiger partial charge >= 0.3 is 0 Å². The van der Waals surface area contributed by atoms with Crippen molar-refractivity contribution in [3.05, 3.63) is 34.5 Å². The molecule has 0 aliphatic rings. The number of hydrogen-bond donors (Lipinski definition) is 1. The average molecular weight is 296 g/mol. The number of aryl methyl sites for hydroxylation is 1. The van der Waals surface area contributed by atoms with E-state index >= 15 is 0 Å². The Kier molecular flexibility index (Phi) is 4.68. The van der Waals surface area contributed by atoms with Gasteiger partial charge in [0.25, 0.3) is 0 Å². The van der Waals surface area contributed by atoms with Crippen molar-refractivity contribution in [3.8, 4) is 0 Å². The number of nitrogens with one attached hydrogen (secondary N) is 1. The van der Waals surface area contributed by atoms with Crippen molar-refractivity contribution in [1.82, 2.24) is 5.32 Å². The third-order valence-electron chi connectivity index (χ3n) is 3.11. The maximum absolute atomic E-state index is 11.9. The zero-order valence-electron chi connectivity index (χ0n) is 11.8. The van der Waals surface area contributed by atoms with Crippen molar-refractivity contribution in [1.29, 1.82) is 0 Å². The molecule has 2 rings (SSSR count). The molecule has 0 bridgehead atoms. The number of carbonyl (C=O) groups is 1. The lowest BCUT2D eigenvalue weighted by atomic mass is 10.1. The number of rotatable bonds is 5. The van der Waals surface area contributed by atoms with Crippen LogP contribution in [0.1, 0.15) is 18.1 Å². The smallest absolute Gasteiger partial charge is 0.224 e. The number of methoxy groups -OCH3 is 1. The lowest BCUT2D eigenvalue weighted by Crippen LogP contribution is -2.36. The zero-order chi connectivity index (χ0) is 14.7. The molecule has 0 saturated heterocycles. The summed E-state index contributed by atoms with van der Waals surface area (Å²) in [4.78, 5) is 11.9. The van der Waals surface area contributed by atoms with Crippen LogP contribution in [-0.2, 0) is 16.0 Å². The number of fused-ring (bicyclic) bond motifs is 1. The first-order valence-electron chi connectivity index (χ1n) is 6.45. The van der Waals surface area contributed by atoms with Crippen molar-refractivity contribution >= 4 is 28.5 Å². The minimum absolute atomic E-state index is 0.0171. The Labute approximate surface area is 123 Å². The molecule has 1 aromatic carbocycles. The van der Waals surface area contributed by atoms with E-state index in [4.69, 9.17) is 20.8 Å². The molecule has 5 heteroatoms. The summed E-state index contributed by atoms with van der Waals surface area (Å²) < 4.78 is 10.5. The summed E-state index contributed by atoms with van der Waals surface area (Å²) in [6, 6.07) is 3.71. The quantitative estimate of drug-likeness (QED) is 0.922. The normalized spacial score (nSPS) is 12.6. The molecule has 0 fully saturated rings. The molecule has 20 heavy (non-hydrogen) atoms. The number of amides is 1. The molecular weight excluding hydrogens is 278 g/mol. The Balaban J connectivity index is 2.14. The topological polar surface area (TPSA) is 51.5 Å². The van der Waals surface area contributed by atoms with Crippen molar-refractivity contribution in [2.45, 2.75) is 26.3 Å². The molecular formula is C15H18ClNO3. The Morgan fingerprint density at radius 2 is 2.25 bits per heavy atom. The fraction of sp³-hybridized carbons (Fsp3) is 0.400. The summed E-state index contributed by atoms with van der Waals surface area (Å²) in [6.07, 6.45) is 1.88. The van der Waals surface area contributed by atoms with Crippen LogP contribution in [0, 0.1) is 6.92 Å². The molecule has 1 aromatic heterocycles. The van der Waals surface area contributed by atoms with Crippen LogP contribution in [-0.4, -0.2) is 25.7 Å². The van der Waals surface area contributed by atoms with Crippen molar-refractivity contribution in [2.75, 3.05) is 13.7 Å². The van der Waals surface area contributed by atoms with Gasteiger partial charge in [-0.25, -0.2) is 0 Å². The van der Waals surface area contributed by atoms with E-state index in [0.717, 1.165) is 22.1 Å². The predicted octanol–water partition coefficient (Wildman–Crippen LogP) is 3.09. The Morgan fingerprint density at radius 3 is 2.95 bits per heavy atom. The molecule has 1 atom stereocenters. The number of furan rings is 1. The van der Waals surface area contributed by atoms with Crippen LogP contribution >= 0.6 is 11.6 Å². The first-order valence-corrected chi connectivity index (χ1v) is 6.83. The van der Waals surface area contributed by atoms with Gasteiger partial charge in [-0.15, -0.1) is 0 Å². The monoisotopic (exact) mass is 295 g/mol. The van der Waals surface area contributed by atoms with Gasteiger partial charge < -0.3 is 14.5 Å². The average Bonchev–Trinajstić information content (AvgIpc) is 2.72.